The molecule has 3 aromatic carbocycles. The van der Waals surface area contributed by atoms with Gasteiger partial charge in [0.25, 0.3) is 15.9 Å². The smallest absolute Gasteiger partial charge is 0.264 e. The zero-order valence-corrected chi connectivity index (χ0v) is 18.0. The first kappa shape index (κ1) is 21.2. The molecule has 0 aliphatic rings. The summed E-state index contributed by atoms with van der Waals surface area (Å²) in [7, 11) is -2.36. The van der Waals surface area contributed by atoms with Crippen molar-refractivity contribution in [2.24, 2.45) is 0 Å². The van der Waals surface area contributed by atoms with E-state index in [0.29, 0.717) is 27.0 Å². The van der Waals surface area contributed by atoms with Gasteiger partial charge in [0.05, 0.1) is 10.6 Å². The van der Waals surface area contributed by atoms with Crippen molar-refractivity contribution in [1.29, 1.82) is 0 Å². The second-order valence-corrected chi connectivity index (χ2v) is 9.21. The van der Waals surface area contributed by atoms with Crippen molar-refractivity contribution in [3.05, 3.63) is 87.9 Å². The Labute approximate surface area is 179 Å². The van der Waals surface area contributed by atoms with E-state index in [9.17, 15) is 13.2 Å². The lowest BCUT2D eigenvalue weighted by Crippen LogP contribution is -2.26. The fraction of sp³-hybridized carbons (Fsp3) is 0.0952. The van der Waals surface area contributed by atoms with Gasteiger partial charge < -0.3 is 5.32 Å². The SMILES string of the molecule is Cc1ccc(NC(=O)c2cccc(N(C)S(=O)(=O)c3ccc(Cl)cc3)c2)cc1Cl. The van der Waals surface area contributed by atoms with E-state index in [2.05, 4.69) is 5.32 Å². The van der Waals surface area contributed by atoms with Crippen LogP contribution in [0.1, 0.15) is 15.9 Å². The maximum Gasteiger partial charge on any atom is 0.264 e. The molecule has 8 heteroatoms. The molecule has 1 amide bonds. The van der Waals surface area contributed by atoms with Crippen LogP contribution in [0.3, 0.4) is 0 Å². The second kappa shape index (κ2) is 8.45. The number of rotatable bonds is 5. The molecule has 3 aromatic rings. The lowest BCUT2D eigenvalue weighted by atomic mass is 10.1. The molecular formula is C21H18Cl2N2O3S. The van der Waals surface area contributed by atoms with E-state index in [1.54, 1.807) is 36.4 Å². The zero-order valence-electron chi connectivity index (χ0n) is 15.7. The molecule has 0 aliphatic carbocycles. The molecule has 0 fully saturated rings. The lowest BCUT2D eigenvalue weighted by Gasteiger charge is -2.20. The number of nitrogens with zero attached hydrogens (tertiary/aromatic N) is 1. The minimum atomic E-state index is -3.79. The van der Waals surface area contributed by atoms with Gasteiger partial charge in [0, 0.05) is 28.3 Å². The molecule has 0 unspecified atom stereocenters. The number of benzene rings is 3. The fourth-order valence-corrected chi connectivity index (χ4v) is 4.11. The van der Waals surface area contributed by atoms with Crippen LogP contribution in [0.25, 0.3) is 0 Å². The number of nitrogens with one attached hydrogen (secondary N) is 1. The molecule has 29 heavy (non-hydrogen) atoms. The molecule has 0 spiro atoms. The number of carbonyl (C=O) groups excluding carboxylic acids is 1. The van der Waals surface area contributed by atoms with Crippen LogP contribution >= 0.6 is 23.2 Å². The van der Waals surface area contributed by atoms with E-state index in [0.717, 1.165) is 9.87 Å². The van der Waals surface area contributed by atoms with Crippen LogP contribution in [-0.2, 0) is 10.0 Å². The minimum Gasteiger partial charge on any atom is -0.322 e. The van der Waals surface area contributed by atoms with Gasteiger partial charge in [-0.3, -0.25) is 9.10 Å². The summed E-state index contributed by atoms with van der Waals surface area (Å²) in [6.45, 7) is 1.87. The van der Waals surface area contributed by atoms with Crippen molar-refractivity contribution in [1.82, 2.24) is 0 Å². The van der Waals surface area contributed by atoms with E-state index < -0.39 is 10.0 Å². The van der Waals surface area contributed by atoms with Gasteiger partial charge in [-0.15, -0.1) is 0 Å². The van der Waals surface area contributed by atoms with Gasteiger partial charge in [0.15, 0.2) is 0 Å². The Hall–Kier alpha value is -2.54. The average Bonchev–Trinajstić information content (AvgIpc) is 2.70. The quantitative estimate of drug-likeness (QED) is 0.569. The Kier molecular flexibility index (Phi) is 6.17. The molecule has 0 saturated carbocycles. The van der Waals surface area contributed by atoms with Crippen LogP contribution in [0, 0.1) is 6.92 Å². The number of amides is 1. The Morgan fingerprint density at radius 1 is 0.966 bits per heavy atom. The number of aryl methyl sites for hydroxylation is 1. The highest BCUT2D eigenvalue weighted by molar-refractivity contribution is 7.92. The summed E-state index contributed by atoms with van der Waals surface area (Å²) >= 11 is 11.9. The van der Waals surface area contributed by atoms with Crippen molar-refractivity contribution in [2.45, 2.75) is 11.8 Å². The lowest BCUT2D eigenvalue weighted by molar-refractivity contribution is 0.102. The molecule has 1 N–H and O–H groups in total. The molecule has 0 aromatic heterocycles. The third kappa shape index (κ3) is 4.72. The second-order valence-electron chi connectivity index (χ2n) is 6.39. The molecule has 0 saturated heterocycles. The van der Waals surface area contributed by atoms with Crippen molar-refractivity contribution >= 4 is 50.5 Å². The number of hydrogen-bond donors (Lipinski definition) is 1. The normalized spacial score (nSPS) is 11.2. The molecule has 0 aliphatic heterocycles. The van der Waals surface area contributed by atoms with Gasteiger partial charge in [0.2, 0.25) is 0 Å². The summed E-state index contributed by atoms with van der Waals surface area (Å²) in [4.78, 5) is 12.7. The molecular weight excluding hydrogens is 431 g/mol. The first-order chi connectivity index (χ1) is 13.7. The molecule has 0 atom stereocenters. The number of sulfonamides is 1. The summed E-state index contributed by atoms with van der Waals surface area (Å²) < 4.78 is 26.8. The largest absolute Gasteiger partial charge is 0.322 e. The van der Waals surface area contributed by atoms with E-state index >= 15 is 0 Å². The van der Waals surface area contributed by atoms with Crippen LogP contribution in [-0.4, -0.2) is 21.4 Å². The summed E-state index contributed by atoms with van der Waals surface area (Å²) in [5, 5.41) is 3.76. The highest BCUT2D eigenvalue weighted by Crippen LogP contribution is 2.25. The Morgan fingerprint density at radius 3 is 2.31 bits per heavy atom. The summed E-state index contributed by atoms with van der Waals surface area (Å²) in [6, 6.07) is 17.5. The van der Waals surface area contributed by atoms with Crippen molar-refractivity contribution in [2.75, 3.05) is 16.7 Å². The van der Waals surface area contributed by atoms with Crippen LogP contribution in [0.4, 0.5) is 11.4 Å². The molecule has 0 bridgehead atoms. The standard InChI is InChI=1S/C21H18Cl2N2O3S/c1-14-6-9-17(13-20(14)23)24-21(26)15-4-3-5-18(12-15)25(2)29(27,28)19-10-7-16(22)8-11-19/h3-13H,1-2H3,(H,24,26). The van der Waals surface area contributed by atoms with Gasteiger partial charge in [-0.2, -0.15) is 0 Å². The van der Waals surface area contributed by atoms with Crippen LogP contribution in [0.15, 0.2) is 71.6 Å². The average molecular weight is 449 g/mol. The van der Waals surface area contributed by atoms with Gasteiger partial charge in [0.1, 0.15) is 0 Å². The van der Waals surface area contributed by atoms with Crippen LogP contribution < -0.4 is 9.62 Å². The summed E-state index contributed by atoms with van der Waals surface area (Å²) in [5.74, 6) is -0.371. The third-order valence-corrected chi connectivity index (χ3v) is 6.83. The van der Waals surface area contributed by atoms with E-state index in [1.807, 2.05) is 6.92 Å². The van der Waals surface area contributed by atoms with Crippen LogP contribution in [0.5, 0.6) is 0 Å². The van der Waals surface area contributed by atoms with Crippen LogP contribution in [0.2, 0.25) is 10.0 Å². The number of hydrogen-bond acceptors (Lipinski definition) is 3. The Balaban J connectivity index is 1.85. The maximum absolute atomic E-state index is 12.9. The van der Waals surface area contributed by atoms with E-state index in [-0.39, 0.29) is 10.8 Å². The van der Waals surface area contributed by atoms with Crippen molar-refractivity contribution in [3.63, 3.8) is 0 Å². The highest BCUT2D eigenvalue weighted by Gasteiger charge is 2.22. The third-order valence-electron chi connectivity index (χ3n) is 4.37. The molecule has 5 nitrogen and oxygen atoms in total. The predicted molar refractivity (Wildman–Crippen MR) is 118 cm³/mol. The number of carbonyl (C=O) groups is 1. The minimum absolute atomic E-state index is 0.105. The fourth-order valence-electron chi connectivity index (χ4n) is 2.62. The first-order valence-corrected chi connectivity index (χ1v) is 10.8. The van der Waals surface area contributed by atoms with Crippen molar-refractivity contribution < 1.29 is 13.2 Å². The van der Waals surface area contributed by atoms with E-state index in [1.165, 1.54) is 37.4 Å². The zero-order chi connectivity index (χ0) is 21.2. The number of halogens is 2. The van der Waals surface area contributed by atoms with Gasteiger partial charge in [-0.1, -0.05) is 35.3 Å². The van der Waals surface area contributed by atoms with Gasteiger partial charge >= 0.3 is 0 Å². The van der Waals surface area contributed by atoms with Gasteiger partial charge in [-0.25, -0.2) is 8.42 Å². The number of anilines is 2. The maximum atomic E-state index is 12.9. The molecule has 0 heterocycles. The monoisotopic (exact) mass is 448 g/mol. The molecule has 150 valence electrons. The summed E-state index contributed by atoms with van der Waals surface area (Å²) in [6.07, 6.45) is 0. The first-order valence-electron chi connectivity index (χ1n) is 8.60. The Morgan fingerprint density at radius 2 is 1.66 bits per heavy atom. The topological polar surface area (TPSA) is 66.5 Å². The summed E-state index contributed by atoms with van der Waals surface area (Å²) in [5.41, 5.74) is 2.13. The van der Waals surface area contributed by atoms with Crippen molar-refractivity contribution in [3.8, 4) is 0 Å². The van der Waals surface area contributed by atoms with E-state index in [4.69, 9.17) is 23.2 Å². The Bertz CT molecular complexity index is 1160. The van der Waals surface area contributed by atoms with Gasteiger partial charge in [-0.05, 0) is 67.1 Å². The molecule has 3 rings (SSSR count). The predicted octanol–water partition coefficient (Wildman–Crippen LogP) is 5.38. The highest BCUT2D eigenvalue weighted by atomic mass is 35.5. The molecule has 0 radical (unpaired) electrons.